The molecule has 0 spiro atoms. The molecule has 72 valence electrons. The highest BCUT2D eigenvalue weighted by Gasteiger charge is 2.42. The van der Waals surface area contributed by atoms with Gasteiger partial charge in [-0.1, -0.05) is 13.8 Å². The zero-order valence-electron chi connectivity index (χ0n) is 7.74. The minimum absolute atomic E-state index is 0.404. The molecule has 1 rings (SSSR count). The minimum Gasteiger partial charge on any atom is -0.317 e. The summed E-state index contributed by atoms with van der Waals surface area (Å²) in [7, 11) is 0. The van der Waals surface area contributed by atoms with Crippen molar-refractivity contribution in [2.24, 2.45) is 11.8 Å². The van der Waals surface area contributed by atoms with Gasteiger partial charge in [0.25, 0.3) is 5.92 Å². The normalized spacial score (nSPS) is 21.8. The van der Waals surface area contributed by atoms with Gasteiger partial charge in [0.15, 0.2) is 0 Å². The topological polar surface area (TPSA) is 12.0 Å². The fourth-order valence-corrected chi connectivity index (χ4v) is 1.68. The summed E-state index contributed by atoms with van der Waals surface area (Å²) in [5, 5.41) is 3.09. The van der Waals surface area contributed by atoms with Crippen LogP contribution in [0.5, 0.6) is 0 Å². The van der Waals surface area contributed by atoms with Crippen molar-refractivity contribution in [1.82, 2.24) is 5.32 Å². The SMILES string of the molecule is CC(C)C(F)(F)C1CCNCC1. The van der Waals surface area contributed by atoms with E-state index in [0.717, 1.165) is 13.1 Å². The molecule has 0 saturated carbocycles. The van der Waals surface area contributed by atoms with Gasteiger partial charge in [0, 0.05) is 11.8 Å². The number of rotatable bonds is 2. The van der Waals surface area contributed by atoms with E-state index in [1.807, 2.05) is 0 Å². The molecule has 1 aliphatic rings. The smallest absolute Gasteiger partial charge is 0.253 e. The third-order valence-electron chi connectivity index (χ3n) is 2.65. The molecule has 1 heterocycles. The van der Waals surface area contributed by atoms with Gasteiger partial charge in [0.2, 0.25) is 0 Å². The summed E-state index contributed by atoms with van der Waals surface area (Å²) in [6, 6.07) is 0. The number of hydrogen-bond donors (Lipinski definition) is 1. The standard InChI is InChI=1S/C9H17F2N/c1-7(2)9(10,11)8-3-5-12-6-4-8/h7-8,12H,3-6H2,1-2H3. The van der Waals surface area contributed by atoms with Gasteiger partial charge in [-0.2, -0.15) is 0 Å². The third-order valence-corrected chi connectivity index (χ3v) is 2.65. The lowest BCUT2D eigenvalue weighted by atomic mass is 9.85. The van der Waals surface area contributed by atoms with Crippen LogP contribution in [-0.4, -0.2) is 19.0 Å². The molecular formula is C9H17F2N. The van der Waals surface area contributed by atoms with Gasteiger partial charge in [-0.25, -0.2) is 8.78 Å². The lowest BCUT2D eigenvalue weighted by molar-refractivity contribution is -0.106. The highest BCUT2D eigenvalue weighted by atomic mass is 19.3. The summed E-state index contributed by atoms with van der Waals surface area (Å²) in [4.78, 5) is 0. The van der Waals surface area contributed by atoms with Gasteiger partial charge in [0.1, 0.15) is 0 Å². The molecule has 0 radical (unpaired) electrons. The molecular weight excluding hydrogens is 160 g/mol. The first-order chi connectivity index (χ1) is 5.55. The van der Waals surface area contributed by atoms with Crippen LogP contribution in [-0.2, 0) is 0 Å². The van der Waals surface area contributed by atoms with Crippen LogP contribution in [0, 0.1) is 11.8 Å². The second kappa shape index (κ2) is 3.69. The van der Waals surface area contributed by atoms with Gasteiger partial charge in [-0.05, 0) is 25.9 Å². The first-order valence-electron chi connectivity index (χ1n) is 4.63. The number of alkyl halides is 2. The third kappa shape index (κ3) is 1.94. The van der Waals surface area contributed by atoms with E-state index in [2.05, 4.69) is 5.32 Å². The summed E-state index contributed by atoms with van der Waals surface area (Å²) in [6.07, 6.45) is 1.23. The van der Waals surface area contributed by atoms with Crippen molar-refractivity contribution in [2.75, 3.05) is 13.1 Å². The number of halogens is 2. The van der Waals surface area contributed by atoms with E-state index in [9.17, 15) is 8.78 Å². The molecule has 0 aromatic heterocycles. The van der Waals surface area contributed by atoms with E-state index < -0.39 is 17.8 Å². The van der Waals surface area contributed by atoms with Gasteiger partial charge < -0.3 is 5.32 Å². The Morgan fingerprint density at radius 3 is 2.17 bits per heavy atom. The molecule has 3 heteroatoms. The summed E-state index contributed by atoms with van der Waals surface area (Å²) >= 11 is 0. The van der Waals surface area contributed by atoms with Crippen molar-refractivity contribution in [3.63, 3.8) is 0 Å². The Hall–Kier alpha value is -0.180. The average Bonchev–Trinajstić information content (AvgIpc) is 2.06. The molecule has 0 unspecified atom stereocenters. The predicted octanol–water partition coefficient (Wildman–Crippen LogP) is 2.28. The second-order valence-corrected chi connectivity index (χ2v) is 3.85. The molecule has 12 heavy (non-hydrogen) atoms. The Balaban J connectivity index is 2.53. The highest BCUT2D eigenvalue weighted by Crippen LogP contribution is 2.37. The summed E-state index contributed by atoms with van der Waals surface area (Å²) in [5.74, 6) is -3.40. The maximum absolute atomic E-state index is 13.4. The molecule has 1 saturated heterocycles. The van der Waals surface area contributed by atoms with Gasteiger partial charge in [-0.3, -0.25) is 0 Å². The van der Waals surface area contributed by atoms with Crippen molar-refractivity contribution < 1.29 is 8.78 Å². The Morgan fingerprint density at radius 1 is 1.25 bits per heavy atom. The molecule has 1 aliphatic heterocycles. The van der Waals surface area contributed by atoms with Crippen molar-refractivity contribution in [2.45, 2.75) is 32.6 Å². The molecule has 0 aromatic carbocycles. The maximum Gasteiger partial charge on any atom is 0.253 e. The highest BCUT2D eigenvalue weighted by molar-refractivity contribution is 4.83. The predicted molar refractivity (Wildman–Crippen MR) is 45.4 cm³/mol. The van der Waals surface area contributed by atoms with E-state index in [0.29, 0.717) is 12.8 Å². The fourth-order valence-electron chi connectivity index (χ4n) is 1.68. The summed E-state index contributed by atoms with van der Waals surface area (Å²) < 4.78 is 26.8. The number of nitrogens with one attached hydrogen (secondary N) is 1. The second-order valence-electron chi connectivity index (χ2n) is 3.85. The fraction of sp³-hybridized carbons (Fsp3) is 1.00. The number of piperidine rings is 1. The first kappa shape index (κ1) is 9.90. The first-order valence-corrected chi connectivity index (χ1v) is 4.63. The van der Waals surface area contributed by atoms with E-state index >= 15 is 0 Å². The number of hydrogen-bond acceptors (Lipinski definition) is 1. The molecule has 0 amide bonds. The van der Waals surface area contributed by atoms with Crippen LogP contribution >= 0.6 is 0 Å². The largest absolute Gasteiger partial charge is 0.317 e. The lowest BCUT2D eigenvalue weighted by Gasteiger charge is -2.32. The van der Waals surface area contributed by atoms with Crippen molar-refractivity contribution in [3.05, 3.63) is 0 Å². The quantitative estimate of drug-likeness (QED) is 0.682. The molecule has 0 aliphatic carbocycles. The van der Waals surface area contributed by atoms with E-state index in [1.54, 1.807) is 13.8 Å². The van der Waals surface area contributed by atoms with Gasteiger partial charge in [0.05, 0.1) is 0 Å². The minimum atomic E-state index is -2.47. The summed E-state index contributed by atoms with van der Waals surface area (Å²) in [6.45, 7) is 4.68. The lowest BCUT2D eigenvalue weighted by Crippen LogP contribution is -2.41. The van der Waals surface area contributed by atoms with Crippen LogP contribution in [0.4, 0.5) is 8.78 Å². The van der Waals surface area contributed by atoms with Crippen LogP contribution in [0.15, 0.2) is 0 Å². The van der Waals surface area contributed by atoms with Crippen LogP contribution in [0.3, 0.4) is 0 Å². The van der Waals surface area contributed by atoms with Gasteiger partial charge >= 0.3 is 0 Å². The Labute approximate surface area is 72.5 Å². The van der Waals surface area contributed by atoms with E-state index in [4.69, 9.17) is 0 Å². The van der Waals surface area contributed by atoms with Crippen LogP contribution in [0.1, 0.15) is 26.7 Å². The Kier molecular flexibility index (Phi) is 3.04. The van der Waals surface area contributed by atoms with Crippen LogP contribution in [0.2, 0.25) is 0 Å². The van der Waals surface area contributed by atoms with Crippen LogP contribution < -0.4 is 5.32 Å². The maximum atomic E-state index is 13.4. The van der Waals surface area contributed by atoms with E-state index in [1.165, 1.54) is 0 Å². The molecule has 0 atom stereocenters. The zero-order valence-corrected chi connectivity index (χ0v) is 7.74. The average molecular weight is 177 g/mol. The van der Waals surface area contributed by atoms with Crippen molar-refractivity contribution in [1.29, 1.82) is 0 Å². The molecule has 0 bridgehead atoms. The molecule has 1 nitrogen and oxygen atoms in total. The van der Waals surface area contributed by atoms with E-state index in [-0.39, 0.29) is 0 Å². The van der Waals surface area contributed by atoms with Crippen molar-refractivity contribution in [3.8, 4) is 0 Å². The van der Waals surface area contributed by atoms with Crippen LogP contribution in [0.25, 0.3) is 0 Å². The zero-order chi connectivity index (χ0) is 9.19. The Bertz CT molecular complexity index is 139. The molecule has 0 aromatic rings. The molecule has 1 N–H and O–H groups in total. The molecule has 1 fully saturated rings. The van der Waals surface area contributed by atoms with Crippen molar-refractivity contribution >= 4 is 0 Å². The summed E-state index contributed by atoms with van der Waals surface area (Å²) in [5.41, 5.74) is 0. The van der Waals surface area contributed by atoms with Gasteiger partial charge in [-0.15, -0.1) is 0 Å². The Morgan fingerprint density at radius 2 is 1.75 bits per heavy atom. The monoisotopic (exact) mass is 177 g/mol.